The molecule has 4 heteroatoms. The maximum absolute atomic E-state index is 11.3. The molecule has 70 valence electrons. The summed E-state index contributed by atoms with van der Waals surface area (Å²) >= 11 is 1.61. The van der Waals surface area contributed by atoms with Gasteiger partial charge in [-0.2, -0.15) is 0 Å². The molecule has 1 aliphatic carbocycles. The number of carbonyl (C=O) groups is 1. The Morgan fingerprint density at radius 3 is 2.92 bits per heavy atom. The Morgan fingerprint density at radius 2 is 2.38 bits per heavy atom. The van der Waals surface area contributed by atoms with E-state index in [0.717, 1.165) is 30.3 Å². The Balaban J connectivity index is 1.83. The van der Waals surface area contributed by atoms with Crippen LogP contribution >= 0.6 is 11.8 Å². The van der Waals surface area contributed by atoms with E-state index in [2.05, 4.69) is 10.3 Å². The lowest BCUT2D eigenvalue weighted by Gasteiger charge is -2.15. The van der Waals surface area contributed by atoms with Crippen LogP contribution in [-0.4, -0.2) is 23.4 Å². The molecular weight excluding hydrogens is 184 g/mol. The predicted molar refractivity (Wildman–Crippen MR) is 54.8 cm³/mol. The molecule has 3 nitrogen and oxygen atoms in total. The normalized spacial score (nSPS) is 20.6. The first-order valence-corrected chi connectivity index (χ1v) is 5.51. The number of nitrogens with one attached hydrogen (secondary N) is 1. The highest BCUT2D eigenvalue weighted by molar-refractivity contribution is 8.14. The summed E-state index contributed by atoms with van der Waals surface area (Å²) in [6.45, 7) is 0.830. The number of rotatable bonds is 1. The van der Waals surface area contributed by atoms with E-state index in [1.807, 2.05) is 0 Å². The van der Waals surface area contributed by atoms with Crippen molar-refractivity contribution in [3.8, 4) is 0 Å². The molecule has 1 amide bonds. The highest BCUT2D eigenvalue weighted by Gasteiger charge is 2.12. The van der Waals surface area contributed by atoms with Gasteiger partial charge in [-0.1, -0.05) is 17.3 Å². The maximum atomic E-state index is 11.3. The molecule has 0 aromatic carbocycles. The van der Waals surface area contributed by atoms with Crippen LogP contribution in [0, 0.1) is 0 Å². The van der Waals surface area contributed by atoms with Crippen molar-refractivity contribution < 1.29 is 4.79 Å². The summed E-state index contributed by atoms with van der Waals surface area (Å²) in [5.74, 6) is 0.981. The summed E-state index contributed by atoms with van der Waals surface area (Å²) in [6, 6.07) is 0. The number of amidine groups is 1. The molecule has 0 aromatic rings. The highest BCUT2D eigenvalue weighted by atomic mass is 32.2. The zero-order valence-corrected chi connectivity index (χ0v) is 8.19. The van der Waals surface area contributed by atoms with E-state index in [1.165, 1.54) is 12.0 Å². The minimum Gasteiger partial charge on any atom is -0.302 e. The molecule has 2 rings (SSSR count). The number of carbonyl (C=O) groups excluding carboxylic acids is 1. The van der Waals surface area contributed by atoms with Crippen molar-refractivity contribution >= 4 is 22.8 Å². The summed E-state index contributed by atoms with van der Waals surface area (Å²) < 4.78 is 0. The van der Waals surface area contributed by atoms with Crippen LogP contribution in [0.1, 0.15) is 19.3 Å². The second kappa shape index (κ2) is 3.96. The van der Waals surface area contributed by atoms with Gasteiger partial charge in [-0.25, -0.2) is 0 Å². The van der Waals surface area contributed by atoms with Crippen molar-refractivity contribution in [2.24, 2.45) is 4.99 Å². The van der Waals surface area contributed by atoms with Gasteiger partial charge in [0.15, 0.2) is 5.17 Å². The Labute approximate surface area is 81.7 Å². The number of allylic oxidation sites excluding steroid dienone is 1. The second-order valence-corrected chi connectivity index (χ2v) is 4.26. The van der Waals surface area contributed by atoms with Crippen molar-refractivity contribution in [3.05, 3.63) is 11.6 Å². The van der Waals surface area contributed by atoms with Gasteiger partial charge in [-0.3, -0.25) is 9.79 Å². The van der Waals surface area contributed by atoms with Crippen molar-refractivity contribution in [1.82, 2.24) is 5.32 Å². The van der Waals surface area contributed by atoms with Crippen LogP contribution in [0.3, 0.4) is 0 Å². The van der Waals surface area contributed by atoms with E-state index in [4.69, 9.17) is 0 Å². The molecule has 1 heterocycles. The fourth-order valence-corrected chi connectivity index (χ4v) is 1.99. The third kappa shape index (κ3) is 2.34. The average molecular weight is 196 g/mol. The first-order chi connectivity index (χ1) is 6.34. The maximum Gasteiger partial charge on any atom is 0.249 e. The van der Waals surface area contributed by atoms with Gasteiger partial charge in [0.05, 0.1) is 6.54 Å². The van der Waals surface area contributed by atoms with Crippen LogP contribution in [0.15, 0.2) is 16.6 Å². The van der Waals surface area contributed by atoms with Crippen LogP contribution < -0.4 is 5.32 Å². The molecule has 1 fully saturated rings. The Kier molecular flexibility index (Phi) is 2.68. The van der Waals surface area contributed by atoms with Gasteiger partial charge >= 0.3 is 0 Å². The molecule has 13 heavy (non-hydrogen) atoms. The Morgan fingerprint density at radius 1 is 1.54 bits per heavy atom. The van der Waals surface area contributed by atoms with Crippen LogP contribution in [0.2, 0.25) is 0 Å². The van der Waals surface area contributed by atoms with Crippen LogP contribution in [-0.2, 0) is 4.79 Å². The third-order valence-electron chi connectivity index (χ3n) is 2.15. The number of hydrogen-bond acceptors (Lipinski definition) is 3. The Bertz CT molecular complexity index is 277. The fraction of sp³-hybridized carbons (Fsp3) is 0.556. The van der Waals surface area contributed by atoms with Gasteiger partial charge in [0.2, 0.25) is 5.91 Å². The van der Waals surface area contributed by atoms with Crippen molar-refractivity contribution in [2.45, 2.75) is 19.3 Å². The smallest absolute Gasteiger partial charge is 0.249 e. The van der Waals surface area contributed by atoms with E-state index >= 15 is 0 Å². The molecule has 0 radical (unpaired) electrons. The van der Waals surface area contributed by atoms with E-state index in [0.29, 0.717) is 0 Å². The number of nitrogens with zero attached hydrogens (tertiary/aromatic N) is 1. The molecule has 1 saturated carbocycles. The van der Waals surface area contributed by atoms with E-state index in [-0.39, 0.29) is 5.91 Å². The summed E-state index contributed by atoms with van der Waals surface area (Å²) in [7, 11) is 0. The number of aliphatic imine (C=N–C) groups is 1. The molecule has 0 spiro atoms. The summed E-state index contributed by atoms with van der Waals surface area (Å²) in [5.41, 5.74) is 1.26. The van der Waals surface area contributed by atoms with Gasteiger partial charge in [0, 0.05) is 11.8 Å². The van der Waals surface area contributed by atoms with Gasteiger partial charge in [0.25, 0.3) is 0 Å². The minimum atomic E-state index is -0.0112. The predicted octanol–water partition coefficient (Wildman–Crippen LogP) is 1.32. The van der Waals surface area contributed by atoms with E-state index in [9.17, 15) is 4.79 Å². The van der Waals surface area contributed by atoms with Crippen molar-refractivity contribution in [3.63, 3.8) is 0 Å². The van der Waals surface area contributed by atoms with Gasteiger partial charge in [-0.05, 0) is 19.3 Å². The van der Waals surface area contributed by atoms with Gasteiger partial charge < -0.3 is 5.32 Å². The second-order valence-electron chi connectivity index (χ2n) is 3.18. The lowest BCUT2D eigenvalue weighted by molar-refractivity contribution is -0.115. The quantitative estimate of drug-likeness (QED) is 0.642. The van der Waals surface area contributed by atoms with Gasteiger partial charge in [-0.15, -0.1) is 0 Å². The van der Waals surface area contributed by atoms with Gasteiger partial charge in [0.1, 0.15) is 0 Å². The molecule has 0 atom stereocenters. The van der Waals surface area contributed by atoms with Crippen LogP contribution in [0.5, 0.6) is 0 Å². The summed E-state index contributed by atoms with van der Waals surface area (Å²) in [6.07, 6.45) is 5.12. The molecular formula is C9H12N2OS. The molecule has 0 saturated heterocycles. The fourth-order valence-electron chi connectivity index (χ4n) is 1.26. The van der Waals surface area contributed by atoms with E-state index in [1.54, 1.807) is 17.8 Å². The SMILES string of the molecule is O=C(C=C1CCC1)NC1=NCCS1. The molecule has 0 aromatic heterocycles. The van der Waals surface area contributed by atoms with Crippen LogP contribution in [0.4, 0.5) is 0 Å². The molecule has 0 bridgehead atoms. The first kappa shape index (κ1) is 8.81. The lowest BCUT2D eigenvalue weighted by atomic mass is 9.92. The first-order valence-electron chi connectivity index (χ1n) is 4.52. The number of amides is 1. The van der Waals surface area contributed by atoms with E-state index < -0.39 is 0 Å². The summed E-state index contributed by atoms with van der Waals surface area (Å²) in [5, 5.41) is 3.55. The molecule has 1 N–H and O–H groups in total. The van der Waals surface area contributed by atoms with Crippen molar-refractivity contribution in [2.75, 3.05) is 12.3 Å². The Hall–Kier alpha value is -0.770. The zero-order valence-electron chi connectivity index (χ0n) is 7.38. The zero-order chi connectivity index (χ0) is 9.10. The number of thioether (sulfide) groups is 1. The third-order valence-corrected chi connectivity index (χ3v) is 3.04. The molecule has 0 unspecified atom stereocenters. The molecule has 2 aliphatic rings. The van der Waals surface area contributed by atoms with Crippen molar-refractivity contribution in [1.29, 1.82) is 0 Å². The number of hydrogen-bond donors (Lipinski definition) is 1. The topological polar surface area (TPSA) is 41.5 Å². The minimum absolute atomic E-state index is 0.0112. The largest absolute Gasteiger partial charge is 0.302 e. The highest BCUT2D eigenvalue weighted by Crippen LogP contribution is 2.24. The monoisotopic (exact) mass is 196 g/mol. The van der Waals surface area contributed by atoms with Crippen LogP contribution in [0.25, 0.3) is 0 Å². The lowest BCUT2D eigenvalue weighted by Crippen LogP contribution is -2.26. The standard InChI is InChI=1S/C9H12N2OS/c12-8(6-7-2-1-3-7)11-9-10-4-5-13-9/h6H,1-5H2,(H,10,11,12). The average Bonchev–Trinajstić information content (AvgIpc) is 2.49. The molecule has 1 aliphatic heterocycles. The summed E-state index contributed by atoms with van der Waals surface area (Å²) in [4.78, 5) is 15.5.